The number of carbonyl (C=O) groups is 1. The summed E-state index contributed by atoms with van der Waals surface area (Å²) >= 11 is 0. The largest absolute Gasteiger partial charge is 0.348 e. The van der Waals surface area contributed by atoms with Crippen LogP contribution in [0.1, 0.15) is 62.1 Å². The fourth-order valence-corrected chi connectivity index (χ4v) is 2.48. The molecule has 5 heteroatoms. The van der Waals surface area contributed by atoms with E-state index in [1.54, 1.807) is 6.07 Å². The molecule has 0 bridgehead atoms. The molecule has 116 valence electrons. The first-order valence-corrected chi connectivity index (χ1v) is 8.01. The number of rotatable bonds is 4. The molecule has 1 fully saturated rings. The molecule has 5 nitrogen and oxygen atoms in total. The van der Waals surface area contributed by atoms with Crippen LogP contribution in [0, 0.1) is 6.92 Å². The Morgan fingerprint density at radius 3 is 2.57 bits per heavy atom. The lowest BCUT2D eigenvalue weighted by Crippen LogP contribution is -2.33. The van der Waals surface area contributed by atoms with E-state index in [4.69, 9.17) is 0 Å². The van der Waals surface area contributed by atoms with Crippen molar-refractivity contribution in [2.45, 2.75) is 58.9 Å². The van der Waals surface area contributed by atoms with Crippen molar-refractivity contribution < 1.29 is 4.79 Å². The molecule has 1 N–H and O–H groups in total. The van der Waals surface area contributed by atoms with E-state index >= 15 is 0 Å². The van der Waals surface area contributed by atoms with Gasteiger partial charge >= 0.3 is 0 Å². The molecule has 1 unspecified atom stereocenters. The van der Waals surface area contributed by atoms with Crippen LogP contribution in [-0.4, -0.2) is 35.0 Å². The summed E-state index contributed by atoms with van der Waals surface area (Å²) in [6, 6.07) is 1.92. The van der Waals surface area contributed by atoms with Gasteiger partial charge in [0.2, 0.25) is 5.95 Å². The minimum absolute atomic E-state index is 0.106. The lowest BCUT2D eigenvalue weighted by Gasteiger charge is -2.21. The highest BCUT2D eigenvalue weighted by Crippen LogP contribution is 2.16. The molecule has 1 atom stereocenters. The topological polar surface area (TPSA) is 58.1 Å². The molecule has 21 heavy (non-hydrogen) atoms. The fourth-order valence-electron chi connectivity index (χ4n) is 2.48. The summed E-state index contributed by atoms with van der Waals surface area (Å²) in [6.45, 7) is 7.94. The molecule has 1 amide bonds. The third-order valence-corrected chi connectivity index (χ3v) is 3.95. The lowest BCUT2D eigenvalue weighted by atomic mass is 10.2. The van der Waals surface area contributed by atoms with Crippen molar-refractivity contribution >= 4 is 11.9 Å². The first-order valence-electron chi connectivity index (χ1n) is 8.01. The molecule has 1 aromatic heterocycles. The Kier molecular flexibility index (Phi) is 5.53. The first kappa shape index (κ1) is 15.7. The van der Waals surface area contributed by atoms with Crippen LogP contribution < -0.4 is 10.2 Å². The summed E-state index contributed by atoms with van der Waals surface area (Å²) in [6.07, 6.45) is 5.79. The molecule has 0 aromatic carbocycles. The van der Waals surface area contributed by atoms with Gasteiger partial charge in [0.25, 0.3) is 5.91 Å². The standard InChI is InChI=1S/C16H26N4O/c1-4-12(2)17-15(21)14-11-13(3)18-16(19-14)20-9-7-5-6-8-10-20/h11-12H,4-10H2,1-3H3,(H,17,21). The van der Waals surface area contributed by atoms with Crippen LogP contribution in [0.15, 0.2) is 6.07 Å². The van der Waals surface area contributed by atoms with Gasteiger partial charge in [0.15, 0.2) is 0 Å². The summed E-state index contributed by atoms with van der Waals surface area (Å²) in [5.74, 6) is 0.595. The van der Waals surface area contributed by atoms with Crippen LogP contribution in [0.3, 0.4) is 0 Å². The van der Waals surface area contributed by atoms with Crippen molar-refractivity contribution in [3.8, 4) is 0 Å². The van der Waals surface area contributed by atoms with Gasteiger partial charge in [0.05, 0.1) is 0 Å². The highest BCUT2D eigenvalue weighted by Gasteiger charge is 2.17. The highest BCUT2D eigenvalue weighted by atomic mass is 16.1. The van der Waals surface area contributed by atoms with E-state index in [2.05, 4.69) is 27.1 Å². The monoisotopic (exact) mass is 290 g/mol. The number of hydrogen-bond donors (Lipinski definition) is 1. The van der Waals surface area contributed by atoms with Gasteiger partial charge in [-0.15, -0.1) is 0 Å². The van der Waals surface area contributed by atoms with Crippen molar-refractivity contribution in [2.24, 2.45) is 0 Å². The maximum absolute atomic E-state index is 12.2. The first-order chi connectivity index (χ1) is 10.1. The van der Waals surface area contributed by atoms with E-state index < -0.39 is 0 Å². The quantitative estimate of drug-likeness (QED) is 0.926. The van der Waals surface area contributed by atoms with Gasteiger partial charge in [0.1, 0.15) is 5.69 Å². The van der Waals surface area contributed by atoms with Gasteiger partial charge in [-0.3, -0.25) is 4.79 Å². The number of amides is 1. The van der Waals surface area contributed by atoms with Crippen molar-refractivity contribution in [1.82, 2.24) is 15.3 Å². The molecular weight excluding hydrogens is 264 g/mol. The number of aryl methyl sites for hydroxylation is 1. The smallest absolute Gasteiger partial charge is 0.270 e. The van der Waals surface area contributed by atoms with Gasteiger partial charge in [-0.1, -0.05) is 19.8 Å². The third kappa shape index (κ3) is 4.41. The van der Waals surface area contributed by atoms with Crippen molar-refractivity contribution in [3.63, 3.8) is 0 Å². The van der Waals surface area contributed by atoms with Crippen LogP contribution in [0.2, 0.25) is 0 Å². The van der Waals surface area contributed by atoms with E-state index in [1.807, 2.05) is 13.8 Å². The van der Waals surface area contributed by atoms with E-state index in [1.165, 1.54) is 25.7 Å². The average molecular weight is 290 g/mol. The van der Waals surface area contributed by atoms with E-state index in [0.717, 1.165) is 25.2 Å². The number of carbonyl (C=O) groups excluding carboxylic acids is 1. The van der Waals surface area contributed by atoms with Crippen LogP contribution in [0.5, 0.6) is 0 Å². The number of hydrogen-bond acceptors (Lipinski definition) is 4. The Balaban J connectivity index is 2.17. The van der Waals surface area contributed by atoms with Crippen LogP contribution in [0.4, 0.5) is 5.95 Å². The van der Waals surface area contributed by atoms with E-state index in [9.17, 15) is 4.79 Å². The zero-order chi connectivity index (χ0) is 15.2. The molecule has 1 aliphatic heterocycles. The Morgan fingerprint density at radius 1 is 1.29 bits per heavy atom. The Labute approximate surface area is 127 Å². The van der Waals surface area contributed by atoms with Crippen molar-refractivity contribution in [1.29, 1.82) is 0 Å². The number of aromatic nitrogens is 2. The highest BCUT2D eigenvalue weighted by molar-refractivity contribution is 5.92. The van der Waals surface area contributed by atoms with E-state index in [0.29, 0.717) is 11.6 Å². The van der Waals surface area contributed by atoms with E-state index in [-0.39, 0.29) is 11.9 Å². The Hall–Kier alpha value is -1.65. The van der Waals surface area contributed by atoms with Crippen LogP contribution in [0.25, 0.3) is 0 Å². The molecule has 2 heterocycles. The molecule has 0 spiro atoms. The molecule has 1 aromatic rings. The number of nitrogens with zero attached hydrogens (tertiary/aromatic N) is 3. The van der Waals surface area contributed by atoms with Crippen LogP contribution >= 0.6 is 0 Å². The van der Waals surface area contributed by atoms with Crippen molar-refractivity contribution in [3.05, 3.63) is 17.5 Å². The van der Waals surface area contributed by atoms with Gasteiger partial charge in [-0.2, -0.15) is 0 Å². The molecule has 0 aliphatic carbocycles. The summed E-state index contributed by atoms with van der Waals surface area (Å²) < 4.78 is 0. The van der Waals surface area contributed by atoms with Crippen molar-refractivity contribution in [2.75, 3.05) is 18.0 Å². The summed E-state index contributed by atoms with van der Waals surface area (Å²) in [5.41, 5.74) is 1.32. The fraction of sp³-hybridized carbons (Fsp3) is 0.688. The minimum Gasteiger partial charge on any atom is -0.348 e. The maximum atomic E-state index is 12.2. The average Bonchev–Trinajstić information content (AvgIpc) is 2.75. The second kappa shape index (κ2) is 7.38. The van der Waals surface area contributed by atoms with Gasteiger partial charge in [0, 0.05) is 24.8 Å². The Morgan fingerprint density at radius 2 is 1.95 bits per heavy atom. The second-order valence-electron chi connectivity index (χ2n) is 5.88. The number of anilines is 1. The summed E-state index contributed by atoms with van der Waals surface area (Å²) in [7, 11) is 0. The Bertz CT molecular complexity index is 481. The molecule has 1 aliphatic rings. The zero-order valence-electron chi connectivity index (χ0n) is 13.4. The second-order valence-corrected chi connectivity index (χ2v) is 5.88. The number of nitrogens with one attached hydrogen (secondary N) is 1. The molecule has 1 saturated heterocycles. The van der Waals surface area contributed by atoms with Gasteiger partial charge < -0.3 is 10.2 Å². The SMILES string of the molecule is CCC(C)NC(=O)c1cc(C)nc(N2CCCCCC2)n1. The predicted molar refractivity (Wildman–Crippen MR) is 84.7 cm³/mol. The molecular formula is C16H26N4O. The third-order valence-electron chi connectivity index (χ3n) is 3.95. The normalized spacial score (nSPS) is 17.2. The summed E-state index contributed by atoms with van der Waals surface area (Å²) in [4.78, 5) is 23.5. The van der Waals surface area contributed by atoms with Gasteiger partial charge in [-0.05, 0) is 39.2 Å². The molecule has 2 rings (SSSR count). The minimum atomic E-state index is -0.106. The molecule has 0 saturated carbocycles. The predicted octanol–water partition coefficient (Wildman–Crippen LogP) is 2.69. The van der Waals surface area contributed by atoms with Crippen LogP contribution in [-0.2, 0) is 0 Å². The zero-order valence-corrected chi connectivity index (χ0v) is 13.4. The van der Waals surface area contributed by atoms with Gasteiger partial charge in [-0.25, -0.2) is 9.97 Å². The maximum Gasteiger partial charge on any atom is 0.270 e. The molecule has 0 radical (unpaired) electrons. The summed E-state index contributed by atoms with van der Waals surface area (Å²) in [5, 5.41) is 2.97. The lowest BCUT2D eigenvalue weighted by molar-refractivity contribution is 0.0934.